The van der Waals surface area contributed by atoms with Gasteiger partial charge in [-0.05, 0) is 12.1 Å². The smallest absolute Gasteiger partial charge is 0.335 e. The van der Waals surface area contributed by atoms with Crippen LogP contribution in [0.3, 0.4) is 0 Å². The maximum Gasteiger partial charge on any atom is 0.335 e. The Hall–Kier alpha value is -1.61. The standard InChI is InChI=1S/C10H11NO2/c11-8-4-7-10(12)13-9-5-2-1-3-6-9/h1-7H,8,11H2. The highest BCUT2D eigenvalue weighted by Crippen LogP contribution is 2.08. The van der Waals surface area contributed by atoms with Crippen LogP contribution < -0.4 is 10.5 Å². The normalized spacial score (nSPS) is 10.2. The van der Waals surface area contributed by atoms with Crippen molar-refractivity contribution in [3.63, 3.8) is 0 Å². The summed E-state index contributed by atoms with van der Waals surface area (Å²) in [6.45, 7) is 0.337. The van der Waals surface area contributed by atoms with Gasteiger partial charge in [0.1, 0.15) is 5.75 Å². The Kier molecular flexibility index (Phi) is 3.73. The summed E-state index contributed by atoms with van der Waals surface area (Å²) in [5.41, 5.74) is 5.18. The maximum atomic E-state index is 11.0. The molecular weight excluding hydrogens is 166 g/mol. The third kappa shape index (κ3) is 3.53. The van der Waals surface area contributed by atoms with E-state index in [9.17, 15) is 4.79 Å². The molecule has 2 N–H and O–H groups in total. The lowest BCUT2D eigenvalue weighted by Crippen LogP contribution is -2.04. The second-order valence-corrected chi connectivity index (χ2v) is 2.37. The van der Waals surface area contributed by atoms with Crippen LogP contribution in [0.1, 0.15) is 0 Å². The molecule has 0 aliphatic rings. The van der Waals surface area contributed by atoms with E-state index in [0.29, 0.717) is 12.3 Å². The molecule has 0 aliphatic carbocycles. The summed E-state index contributed by atoms with van der Waals surface area (Å²) in [4.78, 5) is 11.0. The molecule has 1 rings (SSSR count). The lowest BCUT2D eigenvalue weighted by atomic mass is 10.3. The molecule has 0 fully saturated rings. The zero-order chi connectivity index (χ0) is 9.52. The molecule has 0 aliphatic heterocycles. The number of hydrogen-bond donors (Lipinski definition) is 1. The largest absolute Gasteiger partial charge is 0.423 e. The van der Waals surface area contributed by atoms with Crippen LogP contribution >= 0.6 is 0 Å². The van der Waals surface area contributed by atoms with Crippen molar-refractivity contribution in [2.75, 3.05) is 6.54 Å². The summed E-state index contributed by atoms with van der Waals surface area (Å²) < 4.78 is 4.94. The molecule has 3 heteroatoms. The van der Waals surface area contributed by atoms with Gasteiger partial charge in [-0.3, -0.25) is 0 Å². The first-order valence-electron chi connectivity index (χ1n) is 3.96. The minimum absolute atomic E-state index is 0.337. The van der Waals surface area contributed by atoms with Gasteiger partial charge in [0.2, 0.25) is 0 Å². The highest BCUT2D eigenvalue weighted by molar-refractivity contribution is 5.83. The summed E-state index contributed by atoms with van der Waals surface area (Å²) in [6.07, 6.45) is 2.86. The Balaban J connectivity index is 2.50. The van der Waals surface area contributed by atoms with E-state index in [1.54, 1.807) is 30.3 Å². The molecular formula is C10H11NO2. The van der Waals surface area contributed by atoms with Crippen molar-refractivity contribution in [3.8, 4) is 5.75 Å². The van der Waals surface area contributed by atoms with E-state index in [0.717, 1.165) is 0 Å². The van der Waals surface area contributed by atoms with Gasteiger partial charge in [0, 0.05) is 12.6 Å². The Morgan fingerprint density at radius 1 is 1.38 bits per heavy atom. The molecule has 68 valence electrons. The Morgan fingerprint density at radius 2 is 2.08 bits per heavy atom. The first-order valence-corrected chi connectivity index (χ1v) is 3.96. The molecule has 0 heterocycles. The fourth-order valence-electron chi connectivity index (χ4n) is 0.803. The van der Waals surface area contributed by atoms with Crippen molar-refractivity contribution in [1.29, 1.82) is 0 Å². The number of hydrogen-bond acceptors (Lipinski definition) is 3. The van der Waals surface area contributed by atoms with Gasteiger partial charge in [0.15, 0.2) is 0 Å². The van der Waals surface area contributed by atoms with Crippen LogP contribution in [0.25, 0.3) is 0 Å². The molecule has 0 radical (unpaired) electrons. The van der Waals surface area contributed by atoms with Crippen molar-refractivity contribution < 1.29 is 9.53 Å². The van der Waals surface area contributed by atoms with Gasteiger partial charge in [-0.1, -0.05) is 24.3 Å². The summed E-state index contributed by atoms with van der Waals surface area (Å²) in [5.74, 6) is 0.130. The summed E-state index contributed by atoms with van der Waals surface area (Å²) in [7, 11) is 0. The molecule has 13 heavy (non-hydrogen) atoms. The average molecular weight is 177 g/mol. The topological polar surface area (TPSA) is 52.3 Å². The molecule has 3 nitrogen and oxygen atoms in total. The monoisotopic (exact) mass is 177 g/mol. The van der Waals surface area contributed by atoms with E-state index in [4.69, 9.17) is 10.5 Å². The van der Waals surface area contributed by atoms with Crippen molar-refractivity contribution >= 4 is 5.97 Å². The molecule has 0 bridgehead atoms. The third-order valence-electron chi connectivity index (χ3n) is 1.35. The van der Waals surface area contributed by atoms with Crippen LogP contribution in [0.4, 0.5) is 0 Å². The van der Waals surface area contributed by atoms with Gasteiger partial charge >= 0.3 is 5.97 Å². The summed E-state index contributed by atoms with van der Waals surface area (Å²) >= 11 is 0. The Bertz CT molecular complexity index is 293. The predicted molar refractivity (Wildman–Crippen MR) is 50.3 cm³/mol. The zero-order valence-corrected chi connectivity index (χ0v) is 7.14. The number of carbonyl (C=O) groups is 1. The minimum atomic E-state index is -0.406. The summed E-state index contributed by atoms with van der Waals surface area (Å²) in [6, 6.07) is 8.89. The van der Waals surface area contributed by atoms with Crippen LogP contribution in [0, 0.1) is 0 Å². The van der Waals surface area contributed by atoms with Crippen molar-refractivity contribution in [2.45, 2.75) is 0 Å². The quantitative estimate of drug-likeness (QED) is 0.427. The van der Waals surface area contributed by atoms with Gasteiger partial charge in [-0.25, -0.2) is 4.79 Å². The number of esters is 1. The van der Waals surface area contributed by atoms with E-state index in [1.165, 1.54) is 6.08 Å². The highest BCUT2D eigenvalue weighted by Gasteiger charge is 1.97. The lowest BCUT2D eigenvalue weighted by molar-refractivity contribution is -0.129. The molecule has 0 atom stereocenters. The second kappa shape index (κ2) is 5.11. The van der Waals surface area contributed by atoms with Crippen molar-refractivity contribution in [2.24, 2.45) is 5.73 Å². The fourth-order valence-corrected chi connectivity index (χ4v) is 0.803. The first-order chi connectivity index (χ1) is 6.33. The summed E-state index contributed by atoms with van der Waals surface area (Å²) in [5, 5.41) is 0. The second-order valence-electron chi connectivity index (χ2n) is 2.37. The van der Waals surface area contributed by atoms with E-state index in [-0.39, 0.29) is 0 Å². The molecule has 0 unspecified atom stereocenters. The molecule has 0 aromatic heterocycles. The fraction of sp³-hybridized carbons (Fsp3) is 0.100. The van der Waals surface area contributed by atoms with Gasteiger partial charge in [0.05, 0.1) is 0 Å². The van der Waals surface area contributed by atoms with E-state index < -0.39 is 5.97 Å². The van der Waals surface area contributed by atoms with Crippen molar-refractivity contribution in [1.82, 2.24) is 0 Å². The Morgan fingerprint density at radius 3 is 2.69 bits per heavy atom. The van der Waals surface area contributed by atoms with Crippen LogP contribution in [0.2, 0.25) is 0 Å². The Labute approximate surface area is 76.8 Å². The van der Waals surface area contributed by atoms with Crippen LogP contribution in [-0.4, -0.2) is 12.5 Å². The third-order valence-corrected chi connectivity index (χ3v) is 1.35. The number of ether oxygens (including phenoxy) is 1. The highest BCUT2D eigenvalue weighted by atomic mass is 16.5. The number of benzene rings is 1. The molecule has 0 saturated heterocycles. The molecule has 0 spiro atoms. The molecule has 0 amide bonds. The predicted octanol–water partition coefficient (Wildman–Crippen LogP) is 1.11. The molecule has 1 aromatic rings. The number of rotatable bonds is 3. The number of para-hydroxylation sites is 1. The van der Waals surface area contributed by atoms with E-state index in [1.807, 2.05) is 6.07 Å². The minimum Gasteiger partial charge on any atom is -0.423 e. The van der Waals surface area contributed by atoms with Crippen LogP contribution in [0.5, 0.6) is 5.75 Å². The van der Waals surface area contributed by atoms with Gasteiger partial charge < -0.3 is 10.5 Å². The number of carbonyl (C=O) groups excluding carboxylic acids is 1. The van der Waals surface area contributed by atoms with Crippen LogP contribution in [0.15, 0.2) is 42.5 Å². The van der Waals surface area contributed by atoms with E-state index in [2.05, 4.69) is 0 Å². The van der Waals surface area contributed by atoms with E-state index >= 15 is 0 Å². The lowest BCUT2D eigenvalue weighted by Gasteiger charge is -1.98. The number of nitrogens with two attached hydrogens (primary N) is 1. The van der Waals surface area contributed by atoms with Crippen LogP contribution in [-0.2, 0) is 4.79 Å². The molecule has 1 aromatic carbocycles. The zero-order valence-electron chi connectivity index (χ0n) is 7.14. The van der Waals surface area contributed by atoms with Crippen molar-refractivity contribution in [3.05, 3.63) is 42.5 Å². The average Bonchev–Trinajstić information content (AvgIpc) is 2.16. The first kappa shape index (κ1) is 9.48. The SMILES string of the molecule is NCC=CC(=O)Oc1ccccc1. The molecule has 0 saturated carbocycles. The maximum absolute atomic E-state index is 11.0. The van der Waals surface area contributed by atoms with Gasteiger partial charge in [0.25, 0.3) is 0 Å². The van der Waals surface area contributed by atoms with Gasteiger partial charge in [-0.2, -0.15) is 0 Å². The van der Waals surface area contributed by atoms with Gasteiger partial charge in [-0.15, -0.1) is 0 Å².